The van der Waals surface area contributed by atoms with E-state index in [9.17, 15) is 0 Å². The highest BCUT2D eigenvalue weighted by Gasteiger charge is 2.11. The fourth-order valence-corrected chi connectivity index (χ4v) is 2.83. The van der Waals surface area contributed by atoms with Gasteiger partial charge in [-0.15, -0.1) is 0 Å². The molecule has 0 aliphatic carbocycles. The van der Waals surface area contributed by atoms with Crippen molar-refractivity contribution in [2.24, 2.45) is 0 Å². The lowest BCUT2D eigenvalue weighted by Gasteiger charge is -2.19. The van der Waals surface area contributed by atoms with Crippen LogP contribution < -0.4 is 10.1 Å². The molecular formula is C20H27NO. The summed E-state index contributed by atoms with van der Waals surface area (Å²) < 4.78 is 5.42. The van der Waals surface area contributed by atoms with E-state index >= 15 is 0 Å². The van der Waals surface area contributed by atoms with Gasteiger partial charge in [0.15, 0.2) is 0 Å². The minimum Gasteiger partial charge on any atom is -0.496 e. The van der Waals surface area contributed by atoms with Gasteiger partial charge in [0.2, 0.25) is 0 Å². The molecule has 0 spiro atoms. The fraction of sp³-hybridized carbons (Fsp3) is 0.400. The summed E-state index contributed by atoms with van der Waals surface area (Å²) in [5.41, 5.74) is 5.45. The Labute approximate surface area is 134 Å². The van der Waals surface area contributed by atoms with Crippen LogP contribution in [0, 0.1) is 0 Å². The predicted octanol–water partition coefficient (Wildman–Crippen LogP) is 4.67. The zero-order valence-corrected chi connectivity index (χ0v) is 14.1. The van der Waals surface area contributed by atoms with E-state index in [-0.39, 0.29) is 0 Å². The SMILES string of the molecule is CCc1ccc(C(C)NCc2ccccc2OC)c(CC)c1. The molecule has 2 nitrogen and oxygen atoms in total. The van der Waals surface area contributed by atoms with Crippen molar-refractivity contribution in [3.8, 4) is 5.75 Å². The molecule has 1 atom stereocenters. The van der Waals surface area contributed by atoms with Gasteiger partial charge in [0.25, 0.3) is 0 Å². The van der Waals surface area contributed by atoms with Crippen LogP contribution in [-0.2, 0) is 19.4 Å². The van der Waals surface area contributed by atoms with E-state index in [1.54, 1.807) is 7.11 Å². The highest BCUT2D eigenvalue weighted by molar-refractivity contribution is 5.35. The number of hydrogen-bond donors (Lipinski definition) is 1. The Morgan fingerprint density at radius 1 is 1.00 bits per heavy atom. The Morgan fingerprint density at radius 2 is 1.77 bits per heavy atom. The summed E-state index contributed by atoms with van der Waals surface area (Å²) in [6.45, 7) is 7.47. The van der Waals surface area contributed by atoms with E-state index in [2.05, 4.69) is 56.4 Å². The van der Waals surface area contributed by atoms with E-state index in [4.69, 9.17) is 4.74 Å². The molecule has 2 heteroatoms. The van der Waals surface area contributed by atoms with Crippen LogP contribution in [0.4, 0.5) is 0 Å². The highest BCUT2D eigenvalue weighted by atomic mass is 16.5. The number of nitrogens with one attached hydrogen (secondary N) is 1. The van der Waals surface area contributed by atoms with Gasteiger partial charge in [0.05, 0.1) is 7.11 Å². The van der Waals surface area contributed by atoms with Crippen molar-refractivity contribution in [3.63, 3.8) is 0 Å². The van der Waals surface area contributed by atoms with Crippen molar-refractivity contribution >= 4 is 0 Å². The normalized spacial score (nSPS) is 12.2. The maximum absolute atomic E-state index is 5.42. The minimum atomic E-state index is 0.325. The van der Waals surface area contributed by atoms with Crippen LogP contribution in [0.5, 0.6) is 5.75 Å². The number of rotatable bonds is 7. The maximum Gasteiger partial charge on any atom is 0.123 e. The average molecular weight is 297 g/mol. The summed E-state index contributed by atoms with van der Waals surface area (Å²) in [6.07, 6.45) is 2.17. The van der Waals surface area contributed by atoms with Crippen LogP contribution in [-0.4, -0.2) is 7.11 Å². The van der Waals surface area contributed by atoms with Gasteiger partial charge in [0, 0.05) is 18.2 Å². The molecule has 0 bridgehead atoms. The van der Waals surface area contributed by atoms with Crippen molar-refractivity contribution < 1.29 is 4.74 Å². The van der Waals surface area contributed by atoms with Gasteiger partial charge in [-0.25, -0.2) is 0 Å². The molecule has 0 aliphatic heterocycles. The van der Waals surface area contributed by atoms with Crippen molar-refractivity contribution in [1.82, 2.24) is 5.32 Å². The summed E-state index contributed by atoms with van der Waals surface area (Å²) in [7, 11) is 1.72. The molecule has 22 heavy (non-hydrogen) atoms. The molecule has 0 fully saturated rings. The number of ether oxygens (including phenoxy) is 1. The zero-order valence-electron chi connectivity index (χ0n) is 14.1. The second-order valence-corrected chi connectivity index (χ2v) is 5.65. The third kappa shape index (κ3) is 3.89. The Bertz CT molecular complexity index is 606. The third-order valence-electron chi connectivity index (χ3n) is 4.25. The monoisotopic (exact) mass is 297 g/mol. The van der Waals surface area contributed by atoms with Crippen LogP contribution in [0.25, 0.3) is 0 Å². The minimum absolute atomic E-state index is 0.325. The molecule has 1 unspecified atom stereocenters. The van der Waals surface area contributed by atoms with Gasteiger partial charge in [-0.1, -0.05) is 50.2 Å². The Kier molecular flexibility index (Phi) is 6.02. The Balaban J connectivity index is 2.10. The molecule has 0 aromatic heterocycles. The summed E-state index contributed by atoms with van der Waals surface area (Å²) in [4.78, 5) is 0. The zero-order chi connectivity index (χ0) is 15.9. The standard InChI is InChI=1S/C20H27NO/c1-5-16-11-12-19(17(6-2)13-16)15(3)21-14-18-9-7-8-10-20(18)22-4/h7-13,15,21H,5-6,14H2,1-4H3. The molecule has 118 valence electrons. The van der Waals surface area contributed by atoms with Gasteiger partial charge in [-0.2, -0.15) is 0 Å². The Hall–Kier alpha value is -1.80. The first-order valence-corrected chi connectivity index (χ1v) is 8.16. The lowest BCUT2D eigenvalue weighted by molar-refractivity contribution is 0.406. The largest absolute Gasteiger partial charge is 0.496 e. The van der Waals surface area contributed by atoms with Crippen LogP contribution >= 0.6 is 0 Å². The summed E-state index contributed by atoms with van der Waals surface area (Å²) in [5, 5.41) is 3.62. The van der Waals surface area contributed by atoms with Gasteiger partial charge < -0.3 is 10.1 Å². The van der Waals surface area contributed by atoms with Crippen molar-refractivity contribution in [2.45, 2.75) is 46.2 Å². The van der Waals surface area contributed by atoms with Crippen LogP contribution in [0.2, 0.25) is 0 Å². The smallest absolute Gasteiger partial charge is 0.123 e. The van der Waals surface area contributed by atoms with E-state index in [0.717, 1.165) is 25.1 Å². The first-order valence-electron chi connectivity index (χ1n) is 8.16. The van der Waals surface area contributed by atoms with Gasteiger partial charge >= 0.3 is 0 Å². The summed E-state index contributed by atoms with van der Waals surface area (Å²) in [6, 6.07) is 15.4. The number of benzene rings is 2. The molecule has 2 aromatic rings. The third-order valence-corrected chi connectivity index (χ3v) is 4.25. The average Bonchev–Trinajstić information content (AvgIpc) is 2.59. The molecular weight excluding hydrogens is 270 g/mol. The quantitative estimate of drug-likeness (QED) is 0.802. The number of methoxy groups -OCH3 is 1. The first kappa shape index (κ1) is 16.6. The van der Waals surface area contributed by atoms with E-state index in [1.807, 2.05) is 12.1 Å². The van der Waals surface area contributed by atoms with E-state index < -0.39 is 0 Å². The van der Waals surface area contributed by atoms with Gasteiger partial charge in [0.1, 0.15) is 5.75 Å². The lowest BCUT2D eigenvalue weighted by Crippen LogP contribution is -2.19. The van der Waals surface area contributed by atoms with Crippen molar-refractivity contribution in [2.75, 3.05) is 7.11 Å². The number of aryl methyl sites for hydroxylation is 2. The predicted molar refractivity (Wildman–Crippen MR) is 93.4 cm³/mol. The van der Waals surface area contributed by atoms with Gasteiger partial charge in [-0.05, 0) is 42.5 Å². The number of hydrogen-bond acceptors (Lipinski definition) is 2. The summed E-state index contributed by atoms with van der Waals surface area (Å²) >= 11 is 0. The van der Waals surface area contributed by atoms with Crippen LogP contribution in [0.1, 0.15) is 49.1 Å². The molecule has 0 saturated carbocycles. The number of para-hydroxylation sites is 1. The molecule has 2 rings (SSSR count). The highest BCUT2D eigenvalue weighted by Crippen LogP contribution is 2.23. The summed E-state index contributed by atoms with van der Waals surface area (Å²) in [5.74, 6) is 0.944. The van der Waals surface area contributed by atoms with Crippen LogP contribution in [0.15, 0.2) is 42.5 Å². The maximum atomic E-state index is 5.42. The Morgan fingerprint density at radius 3 is 2.45 bits per heavy atom. The van der Waals surface area contributed by atoms with E-state index in [0.29, 0.717) is 6.04 Å². The van der Waals surface area contributed by atoms with Crippen molar-refractivity contribution in [1.29, 1.82) is 0 Å². The molecule has 0 aliphatic rings. The molecule has 0 saturated heterocycles. The lowest BCUT2D eigenvalue weighted by atomic mass is 9.96. The van der Waals surface area contributed by atoms with Gasteiger partial charge in [-0.3, -0.25) is 0 Å². The van der Waals surface area contributed by atoms with E-state index in [1.165, 1.54) is 22.3 Å². The second kappa shape index (κ2) is 8.00. The van der Waals surface area contributed by atoms with Crippen molar-refractivity contribution in [3.05, 3.63) is 64.7 Å². The fourth-order valence-electron chi connectivity index (χ4n) is 2.83. The topological polar surface area (TPSA) is 21.3 Å². The molecule has 1 N–H and O–H groups in total. The second-order valence-electron chi connectivity index (χ2n) is 5.65. The molecule has 0 radical (unpaired) electrons. The molecule has 0 amide bonds. The first-order chi connectivity index (χ1) is 10.7. The molecule has 0 heterocycles. The van der Waals surface area contributed by atoms with Crippen LogP contribution in [0.3, 0.4) is 0 Å². The molecule has 2 aromatic carbocycles.